The van der Waals surface area contributed by atoms with Crippen molar-refractivity contribution >= 4 is 29.1 Å². The van der Waals surface area contributed by atoms with E-state index in [1.165, 1.54) is 6.33 Å². The average molecular weight is 521 g/mol. The van der Waals surface area contributed by atoms with Crippen LogP contribution in [0.3, 0.4) is 0 Å². The number of pyridine rings is 1. The standard InChI is InChI=1S/C27H29ClN6O3/c1-27(2,3)37-25(35)12-22(17-5-8-24(36-4)30-14-17)33-26-20-15-34(10-9-21(20)31-16-32-26)23-7-6-19(28)11-18(23)13-29/h5-8,11,14,16,22H,9-10,12,15H2,1-4H3,(H,31,32,33). The molecular weight excluding hydrogens is 492 g/mol. The molecule has 1 atom stereocenters. The van der Waals surface area contributed by atoms with Gasteiger partial charge in [0, 0.05) is 42.4 Å². The van der Waals surface area contributed by atoms with Crippen LogP contribution in [0.5, 0.6) is 5.88 Å². The Kier molecular flexibility index (Phi) is 7.79. The fraction of sp³-hybridized carbons (Fsp3) is 0.370. The van der Waals surface area contributed by atoms with Gasteiger partial charge in [-0.3, -0.25) is 4.79 Å². The highest BCUT2D eigenvalue weighted by atomic mass is 35.5. The Labute approximate surface area is 221 Å². The Morgan fingerprint density at radius 3 is 2.73 bits per heavy atom. The minimum atomic E-state index is -0.606. The van der Waals surface area contributed by atoms with Crippen LogP contribution in [0.1, 0.15) is 55.6 Å². The first kappa shape index (κ1) is 26.2. The summed E-state index contributed by atoms with van der Waals surface area (Å²) in [4.78, 5) is 28.2. The second kappa shape index (κ2) is 11.0. The highest BCUT2D eigenvalue weighted by molar-refractivity contribution is 6.30. The molecule has 3 heterocycles. The number of benzene rings is 1. The van der Waals surface area contributed by atoms with Crippen molar-refractivity contribution in [1.29, 1.82) is 5.26 Å². The van der Waals surface area contributed by atoms with Crippen LogP contribution in [0.4, 0.5) is 11.5 Å². The number of nitrogens with one attached hydrogen (secondary N) is 1. The number of carbonyl (C=O) groups excluding carboxylic acids is 1. The van der Waals surface area contributed by atoms with Crippen LogP contribution >= 0.6 is 11.6 Å². The van der Waals surface area contributed by atoms with Gasteiger partial charge >= 0.3 is 5.97 Å². The molecule has 0 fully saturated rings. The molecule has 1 aliphatic heterocycles. The minimum Gasteiger partial charge on any atom is -0.481 e. The summed E-state index contributed by atoms with van der Waals surface area (Å²) in [6.07, 6.45) is 3.95. The van der Waals surface area contributed by atoms with Crippen molar-refractivity contribution in [2.45, 2.75) is 51.8 Å². The highest BCUT2D eigenvalue weighted by Gasteiger charge is 2.27. The molecule has 0 saturated carbocycles. The predicted molar refractivity (Wildman–Crippen MR) is 141 cm³/mol. The molecule has 0 amide bonds. The molecule has 4 rings (SSSR count). The number of aromatic nitrogens is 3. The number of halogens is 1. The number of esters is 1. The van der Waals surface area contributed by atoms with Crippen LogP contribution in [0.2, 0.25) is 5.02 Å². The van der Waals surface area contributed by atoms with Gasteiger partial charge in [0.2, 0.25) is 5.88 Å². The molecule has 1 N–H and O–H groups in total. The fourth-order valence-corrected chi connectivity index (χ4v) is 4.40. The van der Waals surface area contributed by atoms with E-state index in [1.54, 1.807) is 31.5 Å². The summed E-state index contributed by atoms with van der Waals surface area (Å²) < 4.78 is 10.8. The number of hydrogen-bond acceptors (Lipinski definition) is 9. The monoisotopic (exact) mass is 520 g/mol. The zero-order chi connectivity index (χ0) is 26.6. The third-order valence-corrected chi connectivity index (χ3v) is 6.13. The van der Waals surface area contributed by atoms with E-state index >= 15 is 0 Å². The van der Waals surface area contributed by atoms with Gasteiger partial charge in [0.15, 0.2) is 0 Å². The molecule has 10 heteroatoms. The summed E-state index contributed by atoms with van der Waals surface area (Å²) in [6, 6.07) is 10.7. The smallest absolute Gasteiger partial charge is 0.308 e. The lowest BCUT2D eigenvalue weighted by molar-refractivity contribution is -0.155. The number of carbonyl (C=O) groups is 1. The number of anilines is 2. The van der Waals surface area contributed by atoms with Gasteiger partial charge in [-0.15, -0.1) is 0 Å². The van der Waals surface area contributed by atoms with Crippen LogP contribution in [-0.4, -0.2) is 40.2 Å². The largest absolute Gasteiger partial charge is 0.481 e. The molecule has 0 bridgehead atoms. The van der Waals surface area contributed by atoms with E-state index in [0.29, 0.717) is 41.8 Å². The highest BCUT2D eigenvalue weighted by Crippen LogP contribution is 2.32. The third-order valence-electron chi connectivity index (χ3n) is 5.89. The molecule has 0 radical (unpaired) electrons. The number of rotatable bonds is 7. The second-order valence-electron chi connectivity index (χ2n) is 9.71. The molecule has 0 aliphatic carbocycles. The molecule has 0 saturated heterocycles. The molecule has 0 spiro atoms. The number of ether oxygens (including phenoxy) is 2. The van der Waals surface area contributed by atoms with Crippen molar-refractivity contribution in [3.05, 3.63) is 70.3 Å². The molecule has 2 aromatic heterocycles. The first-order valence-electron chi connectivity index (χ1n) is 11.9. The van der Waals surface area contributed by atoms with Crippen molar-refractivity contribution in [2.24, 2.45) is 0 Å². The molecule has 9 nitrogen and oxygen atoms in total. The maximum absolute atomic E-state index is 12.8. The Balaban J connectivity index is 1.64. The second-order valence-corrected chi connectivity index (χ2v) is 10.2. The zero-order valence-electron chi connectivity index (χ0n) is 21.3. The molecule has 192 valence electrons. The Morgan fingerprint density at radius 2 is 2.05 bits per heavy atom. The molecular formula is C27H29ClN6O3. The van der Waals surface area contributed by atoms with E-state index < -0.39 is 11.6 Å². The lowest BCUT2D eigenvalue weighted by Gasteiger charge is -2.32. The summed E-state index contributed by atoms with van der Waals surface area (Å²) in [5, 5.41) is 13.6. The van der Waals surface area contributed by atoms with Crippen LogP contribution in [0.25, 0.3) is 0 Å². The summed E-state index contributed by atoms with van der Waals surface area (Å²) in [7, 11) is 1.55. The van der Waals surface area contributed by atoms with Crippen molar-refractivity contribution in [2.75, 3.05) is 23.9 Å². The number of methoxy groups -OCH3 is 1. The van der Waals surface area contributed by atoms with Gasteiger partial charge in [-0.05, 0) is 44.5 Å². The molecule has 37 heavy (non-hydrogen) atoms. The van der Waals surface area contributed by atoms with Gasteiger partial charge in [-0.2, -0.15) is 5.26 Å². The summed E-state index contributed by atoms with van der Waals surface area (Å²) >= 11 is 6.11. The van der Waals surface area contributed by atoms with Crippen molar-refractivity contribution in [3.63, 3.8) is 0 Å². The van der Waals surface area contributed by atoms with E-state index in [9.17, 15) is 10.1 Å². The van der Waals surface area contributed by atoms with Gasteiger partial charge in [0.05, 0.1) is 36.5 Å². The Morgan fingerprint density at radius 1 is 1.24 bits per heavy atom. The maximum Gasteiger partial charge on any atom is 0.308 e. The van der Waals surface area contributed by atoms with Crippen LogP contribution < -0.4 is 15.0 Å². The lowest BCUT2D eigenvalue weighted by atomic mass is 10.0. The topological polar surface area (TPSA) is 113 Å². The van der Waals surface area contributed by atoms with Gasteiger partial charge in [-0.25, -0.2) is 15.0 Å². The van der Waals surface area contributed by atoms with Gasteiger partial charge in [0.1, 0.15) is 23.8 Å². The SMILES string of the molecule is COc1ccc(C(CC(=O)OC(C)(C)C)Nc2ncnc3c2CN(c2ccc(Cl)cc2C#N)CC3)cn1. The quantitative estimate of drug-likeness (QED) is 0.436. The number of fused-ring (bicyclic) bond motifs is 1. The van der Waals surface area contributed by atoms with Gasteiger partial charge < -0.3 is 19.7 Å². The molecule has 1 aromatic carbocycles. The molecule has 3 aromatic rings. The van der Waals surface area contributed by atoms with E-state index in [0.717, 1.165) is 22.5 Å². The number of nitriles is 1. The number of nitrogens with zero attached hydrogens (tertiary/aromatic N) is 5. The van der Waals surface area contributed by atoms with Gasteiger partial charge in [0.25, 0.3) is 0 Å². The number of hydrogen-bond donors (Lipinski definition) is 1. The first-order valence-corrected chi connectivity index (χ1v) is 12.3. The van der Waals surface area contributed by atoms with Crippen molar-refractivity contribution < 1.29 is 14.3 Å². The minimum absolute atomic E-state index is 0.0730. The lowest BCUT2D eigenvalue weighted by Crippen LogP contribution is -2.33. The van der Waals surface area contributed by atoms with Crippen LogP contribution in [-0.2, 0) is 22.5 Å². The normalized spacial score (nSPS) is 13.8. The zero-order valence-corrected chi connectivity index (χ0v) is 22.0. The first-order chi connectivity index (χ1) is 17.7. The predicted octanol–water partition coefficient (Wildman–Crippen LogP) is 4.85. The molecule has 1 unspecified atom stereocenters. The Bertz CT molecular complexity index is 1320. The van der Waals surface area contributed by atoms with E-state index in [1.807, 2.05) is 32.9 Å². The Hall–Kier alpha value is -3.90. The van der Waals surface area contributed by atoms with E-state index in [-0.39, 0.29) is 12.4 Å². The average Bonchev–Trinajstić information content (AvgIpc) is 2.87. The summed E-state index contributed by atoms with van der Waals surface area (Å²) in [5.74, 6) is 0.753. The van der Waals surface area contributed by atoms with Crippen molar-refractivity contribution in [3.8, 4) is 11.9 Å². The van der Waals surface area contributed by atoms with E-state index in [4.69, 9.17) is 21.1 Å². The van der Waals surface area contributed by atoms with Crippen LogP contribution in [0.15, 0.2) is 42.9 Å². The fourth-order valence-electron chi connectivity index (χ4n) is 4.23. The van der Waals surface area contributed by atoms with Gasteiger partial charge in [-0.1, -0.05) is 17.7 Å². The molecule has 1 aliphatic rings. The third kappa shape index (κ3) is 6.46. The summed E-state index contributed by atoms with van der Waals surface area (Å²) in [6.45, 7) is 6.70. The maximum atomic E-state index is 12.8. The van der Waals surface area contributed by atoms with Crippen LogP contribution in [0, 0.1) is 11.3 Å². The van der Waals surface area contributed by atoms with E-state index in [2.05, 4.69) is 31.2 Å². The summed E-state index contributed by atoms with van der Waals surface area (Å²) in [5.41, 5.74) is 3.32. The van der Waals surface area contributed by atoms with Crippen molar-refractivity contribution in [1.82, 2.24) is 15.0 Å².